The maximum atomic E-state index is 15.5. The van der Waals surface area contributed by atoms with E-state index in [1.165, 1.54) is 39.0 Å². The van der Waals surface area contributed by atoms with E-state index in [1.807, 2.05) is 0 Å². The van der Waals surface area contributed by atoms with E-state index in [-0.39, 0.29) is 147 Å². The zero-order valence-corrected chi connectivity index (χ0v) is 65.7. The van der Waals surface area contributed by atoms with Crippen molar-refractivity contribution >= 4 is 122 Å². The second kappa shape index (κ2) is 45.4. The Morgan fingerprint density at radius 1 is 0.482 bits per heavy atom. The number of phenols is 1. The lowest BCUT2D eigenvalue weighted by Crippen LogP contribution is -2.61. The molecule has 2 aromatic rings. The van der Waals surface area contributed by atoms with Crippen molar-refractivity contribution in [3.05, 3.63) is 65.7 Å². The summed E-state index contributed by atoms with van der Waals surface area (Å²) in [5.74, 6) is -16.1. The van der Waals surface area contributed by atoms with Crippen LogP contribution in [0.2, 0.25) is 0 Å². The molecule has 7 rings (SSSR count). The maximum Gasteiger partial charge on any atom is 0.246 e. The van der Waals surface area contributed by atoms with Crippen LogP contribution in [0.1, 0.15) is 128 Å². The summed E-state index contributed by atoms with van der Waals surface area (Å²) < 4.78 is 0. The van der Waals surface area contributed by atoms with Crippen LogP contribution in [0.4, 0.5) is 0 Å². The van der Waals surface area contributed by atoms with Gasteiger partial charge in [0.2, 0.25) is 88.6 Å². The van der Waals surface area contributed by atoms with Gasteiger partial charge >= 0.3 is 0 Å². The third kappa shape index (κ3) is 27.4. The number of hydrogen-bond donors (Lipinski definition) is 19. The number of guanidine groups is 2. The molecule has 25 N–H and O–H groups in total. The Labute approximate surface area is 668 Å². The molecule has 5 heterocycles. The number of aromatic hydroxyl groups is 1. The number of primary amides is 1. The lowest BCUT2D eigenvalue weighted by Gasteiger charge is -2.34. The number of aliphatic hydroxyl groups is 1. The van der Waals surface area contributed by atoms with Crippen molar-refractivity contribution in [1.82, 2.24) is 73.2 Å². The number of benzene rings is 2. The van der Waals surface area contributed by atoms with Gasteiger partial charge in [-0.2, -0.15) is 0 Å². The van der Waals surface area contributed by atoms with Crippen molar-refractivity contribution in [2.45, 2.75) is 208 Å². The predicted octanol–water partition coefficient (Wildman–Crippen LogP) is -5.94. The molecular formula is C73H110N22O17S2. The second-order valence-electron chi connectivity index (χ2n) is 28.8. The summed E-state index contributed by atoms with van der Waals surface area (Å²) in [4.78, 5) is 233. The van der Waals surface area contributed by atoms with Gasteiger partial charge in [-0.25, -0.2) is 0 Å². The quantitative estimate of drug-likeness (QED) is 0.0226. The third-order valence-corrected chi connectivity index (χ3v) is 22.7. The molecule has 41 heteroatoms. The van der Waals surface area contributed by atoms with E-state index in [0.717, 1.165) is 21.6 Å². The van der Waals surface area contributed by atoms with Crippen LogP contribution in [0, 0.1) is 5.92 Å². The molecule has 626 valence electrons. The zero-order chi connectivity index (χ0) is 83.1. The van der Waals surface area contributed by atoms with Gasteiger partial charge in [-0.3, -0.25) is 81.9 Å². The van der Waals surface area contributed by atoms with Gasteiger partial charge in [0, 0.05) is 57.1 Å². The minimum Gasteiger partial charge on any atom is -0.508 e. The number of fused-ring (bicyclic) bond motifs is 8. The van der Waals surface area contributed by atoms with Crippen molar-refractivity contribution in [2.24, 2.45) is 50.3 Å². The number of rotatable bonds is 22. The van der Waals surface area contributed by atoms with Crippen molar-refractivity contribution in [3.8, 4) is 5.75 Å². The average Bonchev–Trinajstić information content (AvgIpc) is 1.62. The van der Waals surface area contributed by atoms with Crippen LogP contribution in [0.3, 0.4) is 0 Å². The fourth-order valence-corrected chi connectivity index (χ4v) is 16.3. The lowest BCUT2D eigenvalue weighted by molar-refractivity contribution is -0.148. The molecule has 2 aromatic carbocycles. The van der Waals surface area contributed by atoms with E-state index in [1.54, 1.807) is 44.2 Å². The molecule has 0 aromatic heterocycles. The van der Waals surface area contributed by atoms with Crippen LogP contribution in [0.25, 0.3) is 0 Å². The maximum absolute atomic E-state index is 15.5. The van der Waals surface area contributed by atoms with E-state index in [0.29, 0.717) is 30.4 Å². The molecule has 39 nitrogen and oxygen atoms in total. The normalized spacial score (nSPS) is 26.5. The first kappa shape index (κ1) is 90.6. The van der Waals surface area contributed by atoms with Crippen molar-refractivity contribution in [3.63, 3.8) is 0 Å². The molecule has 5 aliphatic heterocycles. The van der Waals surface area contributed by atoms with Gasteiger partial charge in [0.25, 0.3) is 0 Å². The highest BCUT2D eigenvalue weighted by molar-refractivity contribution is 8.76. The Balaban J connectivity index is 1.38. The summed E-state index contributed by atoms with van der Waals surface area (Å²) >= 11 is 0. The molecule has 114 heavy (non-hydrogen) atoms. The Morgan fingerprint density at radius 2 is 0.939 bits per heavy atom. The van der Waals surface area contributed by atoms with E-state index in [9.17, 15) is 43.8 Å². The second-order valence-corrected chi connectivity index (χ2v) is 31.3. The van der Waals surface area contributed by atoms with Crippen LogP contribution in [-0.4, -0.2) is 268 Å². The highest BCUT2D eigenvalue weighted by Crippen LogP contribution is 2.29. The predicted molar refractivity (Wildman–Crippen MR) is 421 cm³/mol. The van der Waals surface area contributed by atoms with Crippen LogP contribution in [-0.2, 0) is 84.8 Å². The number of unbranched alkanes of at least 4 members (excludes halogenated alkanes) is 2. The first-order chi connectivity index (χ1) is 54.5. The van der Waals surface area contributed by atoms with Gasteiger partial charge in [0.05, 0.1) is 19.6 Å². The number of aliphatic hydroxyl groups excluding tert-OH is 1. The highest BCUT2D eigenvalue weighted by atomic mass is 33.1. The summed E-state index contributed by atoms with van der Waals surface area (Å²) in [6.45, 7) is 1.75. The van der Waals surface area contributed by atoms with Crippen LogP contribution in [0.5, 0.6) is 5.75 Å². The first-order valence-corrected chi connectivity index (χ1v) is 41.0. The van der Waals surface area contributed by atoms with E-state index >= 15 is 38.4 Å². The van der Waals surface area contributed by atoms with Crippen molar-refractivity contribution in [2.75, 3.05) is 63.9 Å². The molecule has 0 spiro atoms. The molecule has 0 radical (unpaired) electrons. The average molecular weight is 1630 g/mol. The number of nitrogens with two attached hydrogens (primary N) is 6. The smallest absolute Gasteiger partial charge is 0.246 e. The Hall–Kier alpha value is -10.5. The summed E-state index contributed by atoms with van der Waals surface area (Å²) in [5, 5.41) is 50.3. The largest absolute Gasteiger partial charge is 0.508 e. The number of phenolic OH excluding ortho intramolecular Hbond substituents is 1. The number of nitrogens with one attached hydrogen (secondary N) is 11. The number of aliphatic imine (C=N–C) groups is 2. The summed E-state index contributed by atoms with van der Waals surface area (Å²) in [5.41, 5.74) is 34.8. The van der Waals surface area contributed by atoms with Gasteiger partial charge in [-0.15, -0.1) is 0 Å². The van der Waals surface area contributed by atoms with Crippen LogP contribution < -0.4 is 92.9 Å². The highest BCUT2D eigenvalue weighted by Gasteiger charge is 2.46. The minimum absolute atomic E-state index is 0.0155. The van der Waals surface area contributed by atoms with Gasteiger partial charge in [0.15, 0.2) is 11.9 Å². The SMILES string of the molecule is CC[C@H](C)[C@@H]1NC(=O)[C@@H]2CCCN2C(=O)[C@@H]2CCCN2C(=O)[C@H](CCCN=C(N)N)NC(=O)[C@H](CO)NC(=O)[C@H](CCCCN)NC(=O)[C@H](Cc2ccc(O)cc2)NC(=O)[C@@H]2CSSC[C@H](NC1=O)C(=O)N[C@@H](Cc1ccccc1)C(=O)N1CCC[C@H]1C(=O)N[C@@H](CC(N)=O)C(=O)NCC(=O)NC(CCCCN=C(N)N)C(=O)N2. The number of hydrogen-bond acceptors (Lipinski definition) is 22. The van der Waals surface area contributed by atoms with E-state index in [2.05, 4.69) is 68.5 Å². The fraction of sp³-hybridized carbons (Fsp3) is 0.603. The standard InChI is InChI=1S/C73H110N22O17S2/c1-3-40(2)58-68(109)91-52-39-114-113-38-51(90-60(101)44(18-8-10-28-80-72(76)77)83-57(99)36-82-59(100)48(35-56(75)98)87-66(107)53-20-12-30-93(53)70(111)49(88-65(52)106)34-41-15-5-4-6-16-41)64(105)86-47(33-42-23-25-43(97)26-24-42)62(103)84-45(17-7-9-27-74)61(102)89-50(37-96)63(104)85-46(19-11-29-81-73(78)79)69(110)95-32-14-22-55(95)71(112)94-31-13-21-54(94)67(108)92-58/h4-6,15-16,23-26,40,44-55,58,96-97H,3,7-14,17-22,27-39,74H2,1-2H3,(H2,75,98)(H,82,100)(H,83,99)(H,84,103)(H,85,104)(H,86,105)(H,87,107)(H,88,106)(H,89,102)(H,90,101)(H,91,109)(H,92,108)(H4,76,77,80)(H4,78,79,81)/t40-,44?,45-,46-,47-,48-,49-,50-,51-,52-,53-,54-,55-,58-/m0/s1. The fourth-order valence-electron chi connectivity index (χ4n) is 13.9. The monoisotopic (exact) mass is 1630 g/mol. The Kier molecular flexibility index (Phi) is 36.1. The topological polar surface area (TPSA) is 619 Å². The molecular weight excluding hydrogens is 1520 g/mol. The molecule has 15 amide bonds. The van der Waals surface area contributed by atoms with Crippen molar-refractivity contribution < 1.29 is 82.1 Å². The minimum atomic E-state index is -1.80. The zero-order valence-electron chi connectivity index (χ0n) is 64.1. The van der Waals surface area contributed by atoms with Crippen LogP contribution >= 0.6 is 21.6 Å². The summed E-state index contributed by atoms with van der Waals surface area (Å²) in [6.07, 6.45) is 0.620. The molecule has 0 saturated carbocycles. The van der Waals surface area contributed by atoms with Gasteiger partial charge in [-0.05, 0) is 126 Å². The molecule has 5 saturated heterocycles. The van der Waals surface area contributed by atoms with Crippen LogP contribution in [0.15, 0.2) is 64.6 Å². The molecule has 2 bridgehead atoms. The van der Waals surface area contributed by atoms with Gasteiger partial charge in [-0.1, -0.05) is 84.3 Å². The molecule has 0 aliphatic carbocycles. The summed E-state index contributed by atoms with van der Waals surface area (Å²) in [6, 6.07) is -5.72. The third-order valence-electron chi connectivity index (χ3n) is 20.3. The number of carbonyl (C=O) groups excluding carboxylic acids is 15. The summed E-state index contributed by atoms with van der Waals surface area (Å²) in [7, 11) is 1.77. The Morgan fingerprint density at radius 3 is 1.53 bits per heavy atom. The molecule has 5 fully saturated rings. The lowest BCUT2D eigenvalue weighted by atomic mass is 9.97. The first-order valence-electron chi connectivity index (χ1n) is 38.5. The molecule has 5 aliphatic rings. The Bertz CT molecular complexity index is 3780. The van der Waals surface area contributed by atoms with Gasteiger partial charge < -0.3 is 118 Å². The van der Waals surface area contributed by atoms with E-state index < -0.39 is 204 Å². The van der Waals surface area contributed by atoms with Crippen molar-refractivity contribution in [1.29, 1.82) is 0 Å². The van der Waals surface area contributed by atoms with E-state index in [4.69, 9.17) is 34.4 Å². The van der Waals surface area contributed by atoms with Gasteiger partial charge in [0.1, 0.15) is 84.3 Å². The molecule has 14 atom stereocenters. The number of nitrogens with zero attached hydrogens (tertiary/aromatic N) is 5. The molecule has 1 unspecified atom stereocenters. The number of amides is 15. The number of carbonyl (C=O) groups is 15.